The van der Waals surface area contributed by atoms with Crippen LogP contribution in [0.5, 0.6) is 0 Å². The van der Waals surface area contributed by atoms with Crippen LogP contribution in [-0.2, 0) is 0 Å². The number of nitrogens with one attached hydrogen (secondary N) is 1. The Morgan fingerprint density at radius 1 is 1.30 bits per heavy atom. The van der Waals surface area contributed by atoms with Crippen LogP contribution < -0.4 is 5.32 Å². The number of carbonyl (C=O) groups excluding carboxylic acids is 1. The van der Waals surface area contributed by atoms with E-state index < -0.39 is 0 Å². The number of halogens is 2. The van der Waals surface area contributed by atoms with Gasteiger partial charge in [0.1, 0.15) is 5.58 Å². The maximum atomic E-state index is 12.4. The average Bonchev–Trinajstić information content (AvgIpc) is 2.83. The number of hydrogen-bond donors (Lipinski definition) is 1. The van der Waals surface area contributed by atoms with E-state index in [1.807, 2.05) is 30.0 Å². The molecule has 0 atom stereocenters. The van der Waals surface area contributed by atoms with E-state index in [9.17, 15) is 4.79 Å². The van der Waals surface area contributed by atoms with Gasteiger partial charge in [0.25, 0.3) is 5.91 Å². The van der Waals surface area contributed by atoms with Crippen LogP contribution in [0.15, 0.2) is 27.1 Å². The number of furan rings is 1. The molecule has 2 heterocycles. The van der Waals surface area contributed by atoms with Crippen molar-refractivity contribution >= 4 is 45.2 Å². The number of amides is 1. The minimum absolute atomic E-state index is 0. The number of rotatable bonds is 1. The Kier molecular flexibility index (Phi) is 4.73. The van der Waals surface area contributed by atoms with E-state index in [1.165, 1.54) is 0 Å². The first-order valence-electron chi connectivity index (χ1n) is 6.35. The summed E-state index contributed by atoms with van der Waals surface area (Å²) in [5.74, 6) is 0.409. The predicted octanol–water partition coefficient (Wildman–Crippen LogP) is 2.97. The molecule has 3 rings (SSSR count). The van der Waals surface area contributed by atoms with Gasteiger partial charge in [-0.1, -0.05) is 15.9 Å². The normalized spacial score (nSPS) is 15.2. The molecule has 1 saturated heterocycles. The van der Waals surface area contributed by atoms with Gasteiger partial charge < -0.3 is 14.6 Å². The molecule has 0 saturated carbocycles. The lowest BCUT2D eigenvalue weighted by Crippen LogP contribution is -2.46. The Balaban J connectivity index is 0.00000147. The van der Waals surface area contributed by atoms with Crippen LogP contribution in [0.3, 0.4) is 0 Å². The van der Waals surface area contributed by atoms with Gasteiger partial charge in [0.05, 0.1) is 0 Å². The first kappa shape index (κ1) is 15.4. The Bertz CT molecular complexity index is 635. The summed E-state index contributed by atoms with van der Waals surface area (Å²) in [6.07, 6.45) is 0. The SMILES string of the molecule is Cc1cc(Br)cc2cc(C(=O)N3CCNCC3)oc12.Cl. The summed E-state index contributed by atoms with van der Waals surface area (Å²) in [6, 6.07) is 5.79. The van der Waals surface area contributed by atoms with Gasteiger partial charge >= 0.3 is 0 Å². The van der Waals surface area contributed by atoms with Gasteiger partial charge in [-0.15, -0.1) is 12.4 Å². The zero-order valence-electron chi connectivity index (χ0n) is 11.1. The fourth-order valence-corrected chi connectivity index (χ4v) is 3.00. The summed E-state index contributed by atoms with van der Waals surface area (Å²) < 4.78 is 6.74. The van der Waals surface area contributed by atoms with Crippen molar-refractivity contribution < 1.29 is 9.21 Å². The van der Waals surface area contributed by atoms with E-state index in [2.05, 4.69) is 21.2 Å². The maximum absolute atomic E-state index is 12.4. The Labute approximate surface area is 132 Å². The molecule has 1 aliphatic rings. The molecule has 0 spiro atoms. The van der Waals surface area contributed by atoms with Crippen LogP contribution in [-0.4, -0.2) is 37.0 Å². The summed E-state index contributed by atoms with van der Waals surface area (Å²) in [7, 11) is 0. The minimum atomic E-state index is -0.0202. The second kappa shape index (κ2) is 6.16. The first-order valence-corrected chi connectivity index (χ1v) is 7.14. The standard InChI is InChI=1S/C14H15BrN2O2.ClH/c1-9-6-11(15)7-10-8-12(19-13(9)10)14(18)17-4-2-16-3-5-17;/h6-8,16H,2-5H2,1H3;1H. The summed E-state index contributed by atoms with van der Waals surface area (Å²) >= 11 is 3.46. The highest BCUT2D eigenvalue weighted by Gasteiger charge is 2.21. The van der Waals surface area contributed by atoms with Crippen LogP contribution in [0.1, 0.15) is 16.1 Å². The quantitative estimate of drug-likeness (QED) is 0.851. The van der Waals surface area contributed by atoms with Crippen LogP contribution >= 0.6 is 28.3 Å². The van der Waals surface area contributed by atoms with Crippen molar-refractivity contribution in [3.63, 3.8) is 0 Å². The number of nitrogens with zero attached hydrogens (tertiary/aromatic N) is 1. The third-order valence-corrected chi connectivity index (χ3v) is 3.84. The average molecular weight is 360 g/mol. The summed E-state index contributed by atoms with van der Waals surface area (Å²) in [5.41, 5.74) is 1.82. The number of aryl methyl sites for hydroxylation is 1. The Morgan fingerprint density at radius 2 is 2.00 bits per heavy atom. The molecule has 2 aromatic rings. The van der Waals surface area contributed by atoms with Crippen molar-refractivity contribution in [2.45, 2.75) is 6.92 Å². The van der Waals surface area contributed by atoms with Gasteiger partial charge in [-0.2, -0.15) is 0 Å². The molecule has 1 fully saturated rings. The van der Waals surface area contributed by atoms with Crippen LogP contribution in [0, 0.1) is 6.92 Å². The second-order valence-electron chi connectivity index (χ2n) is 4.79. The predicted molar refractivity (Wildman–Crippen MR) is 84.7 cm³/mol. The molecule has 1 aromatic heterocycles. The van der Waals surface area contributed by atoms with Crippen molar-refractivity contribution in [1.29, 1.82) is 0 Å². The van der Waals surface area contributed by atoms with Gasteiger partial charge in [-0.25, -0.2) is 0 Å². The third kappa shape index (κ3) is 2.85. The van der Waals surface area contributed by atoms with E-state index in [0.717, 1.165) is 47.2 Å². The van der Waals surface area contributed by atoms with E-state index in [0.29, 0.717) is 5.76 Å². The molecule has 0 aliphatic carbocycles. The van der Waals surface area contributed by atoms with E-state index >= 15 is 0 Å². The monoisotopic (exact) mass is 358 g/mol. The van der Waals surface area contributed by atoms with E-state index in [4.69, 9.17) is 4.42 Å². The molecule has 0 radical (unpaired) electrons. The summed E-state index contributed by atoms with van der Waals surface area (Å²) in [6.45, 7) is 5.14. The topological polar surface area (TPSA) is 45.5 Å². The second-order valence-corrected chi connectivity index (χ2v) is 5.71. The van der Waals surface area contributed by atoms with Crippen LogP contribution in [0.25, 0.3) is 11.0 Å². The summed E-state index contributed by atoms with van der Waals surface area (Å²) in [4.78, 5) is 14.2. The molecule has 108 valence electrons. The summed E-state index contributed by atoms with van der Waals surface area (Å²) in [5, 5.41) is 4.20. The first-order chi connectivity index (χ1) is 9.15. The fourth-order valence-electron chi connectivity index (χ4n) is 2.41. The van der Waals surface area contributed by atoms with Gasteiger partial charge in [-0.3, -0.25) is 4.79 Å². The number of piperazine rings is 1. The molecule has 4 nitrogen and oxygen atoms in total. The molecule has 0 bridgehead atoms. The minimum Gasteiger partial charge on any atom is -0.451 e. The number of carbonyl (C=O) groups is 1. The molecule has 1 aliphatic heterocycles. The maximum Gasteiger partial charge on any atom is 0.289 e. The molecular weight excluding hydrogens is 344 g/mol. The highest BCUT2D eigenvalue weighted by Crippen LogP contribution is 2.27. The number of hydrogen-bond acceptors (Lipinski definition) is 3. The molecule has 1 aromatic carbocycles. The van der Waals surface area contributed by atoms with Crippen LogP contribution in [0.2, 0.25) is 0 Å². The van der Waals surface area contributed by atoms with Crippen molar-refractivity contribution in [1.82, 2.24) is 10.2 Å². The Morgan fingerprint density at radius 3 is 2.70 bits per heavy atom. The smallest absolute Gasteiger partial charge is 0.289 e. The number of benzene rings is 1. The van der Waals surface area contributed by atoms with Crippen molar-refractivity contribution in [3.05, 3.63) is 34.0 Å². The van der Waals surface area contributed by atoms with E-state index in [-0.39, 0.29) is 18.3 Å². The van der Waals surface area contributed by atoms with Crippen molar-refractivity contribution in [2.75, 3.05) is 26.2 Å². The zero-order chi connectivity index (χ0) is 13.4. The molecule has 20 heavy (non-hydrogen) atoms. The van der Waals surface area contributed by atoms with Gasteiger partial charge in [0.15, 0.2) is 5.76 Å². The lowest BCUT2D eigenvalue weighted by atomic mass is 10.2. The molecule has 1 N–H and O–H groups in total. The largest absolute Gasteiger partial charge is 0.451 e. The molecule has 1 amide bonds. The van der Waals surface area contributed by atoms with E-state index in [1.54, 1.807) is 0 Å². The third-order valence-electron chi connectivity index (χ3n) is 3.38. The lowest BCUT2D eigenvalue weighted by Gasteiger charge is -2.26. The highest BCUT2D eigenvalue weighted by molar-refractivity contribution is 9.10. The van der Waals surface area contributed by atoms with Crippen LogP contribution in [0.4, 0.5) is 0 Å². The fraction of sp³-hybridized carbons (Fsp3) is 0.357. The highest BCUT2D eigenvalue weighted by atomic mass is 79.9. The lowest BCUT2D eigenvalue weighted by molar-refractivity contribution is 0.0706. The van der Waals surface area contributed by atoms with Gasteiger partial charge in [0.2, 0.25) is 0 Å². The Hall–Kier alpha value is -1.04. The molecule has 6 heteroatoms. The molecule has 0 unspecified atom stereocenters. The number of fused-ring (bicyclic) bond motifs is 1. The van der Waals surface area contributed by atoms with Crippen molar-refractivity contribution in [3.8, 4) is 0 Å². The zero-order valence-corrected chi connectivity index (χ0v) is 13.5. The molecular formula is C14H16BrClN2O2. The van der Waals surface area contributed by atoms with Gasteiger partial charge in [-0.05, 0) is 30.7 Å². The van der Waals surface area contributed by atoms with Gasteiger partial charge in [0, 0.05) is 36.0 Å². The van der Waals surface area contributed by atoms with Crippen molar-refractivity contribution in [2.24, 2.45) is 0 Å².